The van der Waals surface area contributed by atoms with E-state index in [0.29, 0.717) is 12.5 Å². The van der Waals surface area contributed by atoms with Crippen molar-refractivity contribution >= 4 is 17.3 Å². The predicted molar refractivity (Wildman–Crippen MR) is 99.8 cm³/mol. The zero-order valence-corrected chi connectivity index (χ0v) is 15.5. The topological polar surface area (TPSA) is 65.9 Å². The largest absolute Gasteiger partial charge is 0.435 e. The van der Waals surface area contributed by atoms with Gasteiger partial charge in [-0.05, 0) is 53.9 Å². The van der Waals surface area contributed by atoms with Crippen molar-refractivity contribution in [2.24, 2.45) is 4.99 Å². The molecule has 1 aromatic heterocycles. The Hall–Kier alpha value is -2.19. The Kier molecular flexibility index (Phi) is 7.35. The number of halogens is 2. The number of hydrogen-bond donors (Lipinski definition) is 3. The highest BCUT2D eigenvalue weighted by atomic mass is 32.1. The Morgan fingerprint density at radius 1 is 1.35 bits per heavy atom. The van der Waals surface area contributed by atoms with Crippen LogP contribution in [0.25, 0.3) is 0 Å². The summed E-state index contributed by atoms with van der Waals surface area (Å²) in [6, 6.07) is 8.31. The first-order valence-corrected chi connectivity index (χ1v) is 9.16. The summed E-state index contributed by atoms with van der Waals surface area (Å²) in [6.45, 7) is 2.04. The number of nitrogens with one attached hydrogen (secondary N) is 2. The molecule has 0 aliphatic carbocycles. The zero-order valence-electron chi connectivity index (χ0n) is 14.7. The number of hydrogen-bond acceptors (Lipinski definition) is 4. The minimum Gasteiger partial charge on any atom is -0.435 e. The maximum atomic E-state index is 12.3. The summed E-state index contributed by atoms with van der Waals surface area (Å²) in [4.78, 5) is 4.43. The fourth-order valence-electron chi connectivity index (χ4n) is 2.26. The second kappa shape index (κ2) is 9.49. The molecule has 0 saturated carbocycles. The average Bonchev–Trinajstić information content (AvgIpc) is 3.13. The monoisotopic (exact) mass is 383 g/mol. The summed E-state index contributed by atoms with van der Waals surface area (Å²) in [5, 5.41) is 20.6. The molecule has 5 nitrogen and oxygen atoms in total. The van der Waals surface area contributed by atoms with Crippen molar-refractivity contribution in [2.45, 2.75) is 32.6 Å². The molecular weight excluding hydrogens is 360 g/mol. The number of benzene rings is 1. The first-order chi connectivity index (χ1) is 12.4. The standard InChI is InChI=1S/C18H23F2N3O2S/c1-3-21-17(23-12-18(2,24)14-7-8-26-11-14)22-10-13-5-4-6-15(9-13)25-16(19)20/h4-9,11,16,24H,3,10,12H2,1-2H3,(H2,21,22,23). The number of alkyl halides is 2. The molecule has 26 heavy (non-hydrogen) atoms. The molecule has 3 N–H and O–H groups in total. The molecule has 8 heteroatoms. The Morgan fingerprint density at radius 3 is 2.81 bits per heavy atom. The van der Waals surface area contributed by atoms with Crippen LogP contribution in [0.3, 0.4) is 0 Å². The van der Waals surface area contributed by atoms with Gasteiger partial charge in [-0.15, -0.1) is 0 Å². The lowest BCUT2D eigenvalue weighted by Crippen LogP contribution is -2.44. The fourth-order valence-corrected chi connectivity index (χ4v) is 3.04. The van der Waals surface area contributed by atoms with E-state index < -0.39 is 12.2 Å². The molecule has 1 heterocycles. The summed E-state index contributed by atoms with van der Waals surface area (Å²) in [5.74, 6) is 0.634. The van der Waals surface area contributed by atoms with Crippen molar-refractivity contribution in [2.75, 3.05) is 13.1 Å². The van der Waals surface area contributed by atoms with Gasteiger partial charge >= 0.3 is 6.61 Å². The molecule has 0 saturated heterocycles. The number of thiophene rings is 1. The Labute approximate surface area is 155 Å². The third-order valence-corrected chi connectivity index (χ3v) is 4.31. The van der Waals surface area contributed by atoms with Crippen molar-refractivity contribution in [1.29, 1.82) is 0 Å². The Morgan fingerprint density at radius 2 is 2.15 bits per heavy atom. The number of rotatable bonds is 8. The minimum atomic E-state index is -2.85. The van der Waals surface area contributed by atoms with Crippen molar-refractivity contribution < 1.29 is 18.6 Å². The Balaban J connectivity index is 2.00. The normalized spacial score (nSPS) is 14.2. The van der Waals surface area contributed by atoms with Crippen LogP contribution in [-0.2, 0) is 12.1 Å². The molecule has 1 atom stereocenters. The average molecular weight is 383 g/mol. The van der Waals surface area contributed by atoms with Gasteiger partial charge in [0.25, 0.3) is 0 Å². The molecule has 2 aromatic rings. The van der Waals surface area contributed by atoms with E-state index in [1.807, 2.05) is 23.8 Å². The van der Waals surface area contributed by atoms with E-state index in [1.54, 1.807) is 19.1 Å². The van der Waals surface area contributed by atoms with Gasteiger partial charge in [-0.25, -0.2) is 4.99 Å². The SMILES string of the molecule is CCNC(=NCc1cccc(OC(F)F)c1)NCC(C)(O)c1ccsc1. The highest BCUT2D eigenvalue weighted by Crippen LogP contribution is 2.22. The third-order valence-electron chi connectivity index (χ3n) is 3.63. The molecule has 0 bridgehead atoms. The lowest BCUT2D eigenvalue weighted by atomic mass is 9.99. The van der Waals surface area contributed by atoms with Gasteiger partial charge in [-0.1, -0.05) is 12.1 Å². The summed E-state index contributed by atoms with van der Waals surface area (Å²) < 4.78 is 29.0. The maximum absolute atomic E-state index is 12.3. The van der Waals surface area contributed by atoms with E-state index in [1.165, 1.54) is 23.5 Å². The number of aliphatic imine (C=N–C) groups is 1. The highest BCUT2D eigenvalue weighted by Gasteiger charge is 2.23. The first-order valence-electron chi connectivity index (χ1n) is 8.21. The van der Waals surface area contributed by atoms with E-state index in [-0.39, 0.29) is 18.8 Å². The van der Waals surface area contributed by atoms with Gasteiger partial charge < -0.3 is 20.5 Å². The van der Waals surface area contributed by atoms with Gasteiger partial charge in [0.15, 0.2) is 5.96 Å². The Bertz CT molecular complexity index is 706. The van der Waals surface area contributed by atoms with Crippen LogP contribution in [0, 0.1) is 0 Å². The summed E-state index contributed by atoms with van der Waals surface area (Å²) in [6.07, 6.45) is 0. The lowest BCUT2D eigenvalue weighted by molar-refractivity contribution is -0.0498. The van der Waals surface area contributed by atoms with E-state index in [2.05, 4.69) is 20.4 Å². The molecule has 0 amide bonds. The number of aliphatic hydroxyl groups is 1. The van der Waals surface area contributed by atoms with E-state index in [9.17, 15) is 13.9 Å². The molecule has 2 rings (SSSR count). The van der Waals surface area contributed by atoms with Crippen LogP contribution in [0.1, 0.15) is 25.0 Å². The second-order valence-electron chi connectivity index (χ2n) is 5.86. The van der Waals surface area contributed by atoms with Crippen LogP contribution < -0.4 is 15.4 Å². The molecular formula is C18H23F2N3O2S. The van der Waals surface area contributed by atoms with Gasteiger partial charge in [0.05, 0.1) is 13.1 Å². The summed E-state index contributed by atoms with van der Waals surface area (Å²) in [7, 11) is 0. The molecule has 0 fully saturated rings. The predicted octanol–water partition coefficient (Wildman–Crippen LogP) is 3.31. The molecule has 1 unspecified atom stereocenters. The van der Waals surface area contributed by atoms with E-state index in [4.69, 9.17) is 0 Å². The number of guanidine groups is 1. The van der Waals surface area contributed by atoms with Gasteiger partial charge in [0, 0.05) is 6.54 Å². The smallest absolute Gasteiger partial charge is 0.387 e. The van der Waals surface area contributed by atoms with E-state index in [0.717, 1.165) is 11.1 Å². The van der Waals surface area contributed by atoms with Crippen LogP contribution in [0.2, 0.25) is 0 Å². The van der Waals surface area contributed by atoms with Crippen molar-refractivity contribution in [3.8, 4) is 5.75 Å². The van der Waals surface area contributed by atoms with Crippen molar-refractivity contribution in [3.05, 3.63) is 52.2 Å². The molecule has 0 spiro atoms. The van der Waals surface area contributed by atoms with Crippen LogP contribution in [-0.4, -0.2) is 30.8 Å². The van der Waals surface area contributed by atoms with Gasteiger partial charge in [-0.3, -0.25) is 0 Å². The van der Waals surface area contributed by atoms with E-state index >= 15 is 0 Å². The molecule has 0 aliphatic heterocycles. The number of nitrogens with zero attached hydrogens (tertiary/aromatic N) is 1. The second-order valence-corrected chi connectivity index (χ2v) is 6.64. The molecule has 1 aromatic carbocycles. The summed E-state index contributed by atoms with van der Waals surface area (Å²) >= 11 is 1.53. The van der Waals surface area contributed by atoms with Crippen LogP contribution >= 0.6 is 11.3 Å². The van der Waals surface area contributed by atoms with Crippen LogP contribution in [0.4, 0.5) is 8.78 Å². The zero-order chi connectivity index (χ0) is 19.0. The quantitative estimate of drug-likeness (QED) is 0.483. The van der Waals surface area contributed by atoms with Gasteiger partial charge in [0.1, 0.15) is 11.4 Å². The van der Waals surface area contributed by atoms with Crippen molar-refractivity contribution in [3.63, 3.8) is 0 Å². The number of ether oxygens (including phenoxy) is 1. The van der Waals surface area contributed by atoms with Crippen molar-refractivity contribution in [1.82, 2.24) is 10.6 Å². The summed E-state index contributed by atoms with van der Waals surface area (Å²) in [5.41, 5.74) is 0.550. The molecule has 142 valence electrons. The first kappa shape index (κ1) is 20.1. The molecule has 0 radical (unpaired) electrons. The molecule has 0 aliphatic rings. The highest BCUT2D eigenvalue weighted by molar-refractivity contribution is 7.08. The van der Waals surface area contributed by atoms with Crippen LogP contribution in [0.5, 0.6) is 5.75 Å². The van der Waals surface area contributed by atoms with Gasteiger partial charge in [-0.2, -0.15) is 20.1 Å². The van der Waals surface area contributed by atoms with Gasteiger partial charge in [0.2, 0.25) is 0 Å². The van der Waals surface area contributed by atoms with Crippen LogP contribution in [0.15, 0.2) is 46.1 Å². The lowest BCUT2D eigenvalue weighted by Gasteiger charge is -2.24. The maximum Gasteiger partial charge on any atom is 0.387 e. The third kappa shape index (κ3) is 6.27. The fraction of sp³-hybridized carbons (Fsp3) is 0.389. The minimum absolute atomic E-state index is 0.103.